The molecular formula is C28H28F3N5O5. The van der Waals surface area contributed by atoms with Crippen molar-refractivity contribution in [3.8, 4) is 17.0 Å². The van der Waals surface area contributed by atoms with Crippen LogP contribution in [0.2, 0.25) is 0 Å². The maximum atomic E-state index is 14.1. The Kier molecular flexibility index (Phi) is 7.47. The van der Waals surface area contributed by atoms with Gasteiger partial charge >= 0.3 is 18.1 Å². The van der Waals surface area contributed by atoms with Gasteiger partial charge in [-0.3, -0.25) is 4.79 Å². The third-order valence-electron chi connectivity index (χ3n) is 7.73. The van der Waals surface area contributed by atoms with Crippen LogP contribution in [0.4, 0.5) is 24.9 Å². The van der Waals surface area contributed by atoms with Crippen molar-refractivity contribution in [2.75, 3.05) is 30.3 Å². The molecule has 1 aromatic heterocycles. The Morgan fingerprint density at radius 2 is 1.63 bits per heavy atom. The quantitative estimate of drug-likeness (QED) is 0.326. The van der Waals surface area contributed by atoms with Crippen molar-refractivity contribution in [3.05, 3.63) is 65.7 Å². The van der Waals surface area contributed by atoms with E-state index in [1.165, 1.54) is 42.5 Å². The number of nitrogens with one attached hydrogen (secondary N) is 1. The van der Waals surface area contributed by atoms with Crippen molar-refractivity contribution in [2.24, 2.45) is 5.41 Å². The molecule has 2 aliphatic rings. The summed E-state index contributed by atoms with van der Waals surface area (Å²) in [5.41, 5.74) is 6.91. The number of hydrogen-bond acceptors (Lipinski definition) is 8. The molecule has 13 heteroatoms. The molecule has 0 amide bonds. The van der Waals surface area contributed by atoms with Crippen LogP contribution >= 0.6 is 0 Å². The number of carboxylic acid groups (broad SMARTS) is 2. The third kappa shape index (κ3) is 6.19. The summed E-state index contributed by atoms with van der Waals surface area (Å²) in [4.78, 5) is 32.4. The van der Waals surface area contributed by atoms with Crippen molar-refractivity contribution in [1.29, 1.82) is 0 Å². The highest BCUT2D eigenvalue weighted by Crippen LogP contribution is 2.41. The summed E-state index contributed by atoms with van der Waals surface area (Å²) in [5.74, 6) is -2.17. The fourth-order valence-corrected chi connectivity index (χ4v) is 5.44. The first-order valence-corrected chi connectivity index (χ1v) is 13.0. The zero-order valence-corrected chi connectivity index (χ0v) is 21.8. The third-order valence-corrected chi connectivity index (χ3v) is 7.73. The van der Waals surface area contributed by atoms with Crippen molar-refractivity contribution < 1.29 is 37.7 Å². The van der Waals surface area contributed by atoms with E-state index in [-0.39, 0.29) is 28.4 Å². The largest absolute Gasteiger partial charge is 0.480 e. The van der Waals surface area contributed by atoms with Gasteiger partial charge in [0.25, 0.3) is 0 Å². The molecule has 2 aliphatic heterocycles. The van der Waals surface area contributed by atoms with Crippen LogP contribution in [0, 0.1) is 5.41 Å². The smallest absolute Gasteiger partial charge is 0.429 e. The van der Waals surface area contributed by atoms with Gasteiger partial charge in [-0.1, -0.05) is 36.4 Å². The van der Waals surface area contributed by atoms with E-state index >= 15 is 0 Å². The van der Waals surface area contributed by atoms with E-state index in [1.807, 2.05) is 4.90 Å². The van der Waals surface area contributed by atoms with E-state index in [0.29, 0.717) is 55.8 Å². The molecule has 10 nitrogen and oxygen atoms in total. The van der Waals surface area contributed by atoms with Gasteiger partial charge in [0, 0.05) is 31.3 Å². The number of halogens is 3. The standard InChI is InChI=1S/C28H28F3N5O5/c29-28(30,31)23(18-5-1-16(2-6-18)17-3-7-19(8-4-17)24(37)38)41-22-13-21(34-26(32)35-22)36-11-9-27(10-12-36)14-20(25(39)40)33-15-27/h1-8,13,20,23,33H,9-12,14-15H2,(H,37,38)(H,39,40)(H2,32,34,35)/t20-,23+/m0/s1. The van der Waals surface area contributed by atoms with Crippen LogP contribution in [0.1, 0.15) is 41.3 Å². The average molecular weight is 572 g/mol. The molecule has 1 spiro atoms. The van der Waals surface area contributed by atoms with Gasteiger partial charge in [0.15, 0.2) is 0 Å². The highest BCUT2D eigenvalue weighted by Gasteiger charge is 2.45. The van der Waals surface area contributed by atoms with Crippen LogP contribution in [0.5, 0.6) is 5.88 Å². The lowest BCUT2D eigenvalue weighted by atomic mass is 9.76. The summed E-state index contributed by atoms with van der Waals surface area (Å²) in [5, 5.41) is 21.4. The minimum absolute atomic E-state index is 0.103. The van der Waals surface area contributed by atoms with Crippen LogP contribution in [0.15, 0.2) is 54.6 Å². The van der Waals surface area contributed by atoms with Crippen molar-refractivity contribution >= 4 is 23.7 Å². The topological polar surface area (TPSA) is 151 Å². The number of hydrogen-bond donors (Lipinski definition) is 4. The molecule has 0 bridgehead atoms. The predicted molar refractivity (Wildman–Crippen MR) is 143 cm³/mol. The molecule has 2 fully saturated rings. The maximum absolute atomic E-state index is 14.1. The van der Waals surface area contributed by atoms with Gasteiger partial charge in [0.2, 0.25) is 17.9 Å². The van der Waals surface area contributed by atoms with E-state index in [0.717, 1.165) is 0 Å². The second kappa shape index (κ2) is 10.9. The Labute approximate surface area is 233 Å². The molecule has 0 radical (unpaired) electrons. The summed E-state index contributed by atoms with van der Waals surface area (Å²) < 4.78 is 47.8. The average Bonchev–Trinajstić information content (AvgIpc) is 3.35. The number of aromatic nitrogens is 2. The molecule has 3 aromatic rings. The Morgan fingerprint density at radius 3 is 2.17 bits per heavy atom. The number of carbonyl (C=O) groups is 2. The van der Waals surface area contributed by atoms with Crippen LogP contribution in [-0.4, -0.2) is 64.0 Å². The van der Waals surface area contributed by atoms with Crippen LogP contribution in [0.25, 0.3) is 11.1 Å². The van der Waals surface area contributed by atoms with Crippen LogP contribution in [-0.2, 0) is 4.79 Å². The summed E-state index contributed by atoms with van der Waals surface area (Å²) in [7, 11) is 0. The van der Waals surface area contributed by atoms with Gasteiger partial charge in [-0.05, 0) is 47.9 Å². The molecule has 5 N–H and O–H groups in total. The normalized spacial score (nSPS) is 19.2. The number of nitrogen functional groups attached to an aromatic ring is 1. The van der Waals surface area contributed by atoms with Crippen molar-refractivity contribution in [2.45, 2.75) is 37.6 Å². The first-order chi connectivity index (χ1) is 19.4. The van der Waals surface area contributed by atoms with Gasteiger partial charge < -0.3 is 30.9 Å². The lowest BCUT2D eigenvalue weighted by molar-refractivity contribution is -0.198. The highest BCUT2D eigenvalue weighted by molar-refractivity contribution is 5.88. The molecule has 3 heterocycles. The minimum atomic E-state index is -4.77. The molecule has 0 saturated carbocycles. The summed E-state index contributed by atoms with van der Waals surface area (Å²) in [6, 6.07) is 12.4. The monoisotopic (exact) mass is 571 g/mol. The number of nitrogens with two attached hydrogens (primary N) is 1. The van der Waals surface area contributed by atoms with Crippen LogP contribution in [0.3, 0.4) is 0 Å². The maximum Gasteiger partial charge on any atom is 0.429 e. The van der Waals surface area contributed by atoms with Gasteiger partial charge in [0.1, 0.15) is 11.9 Å². The molecule has 0 aliphatic carbocycles. The Bertz CT molecular complexity index is 1420. The summed E-state index contributed by atoms with van der Waals surface area (Å²) >= 11 is 0. The van der Waals surface area contributed by atoms with Gasteiger partial charge in [-0.2, -0.15) is 23.1 Å². The number of ether oxygens (including phenoxy) is 1. The summed E-state index contributed by atoms with van der Waals surface area (Å²) in [6.07, 6.45) is -5.18. The van der Waals surface area contributed by atoms with E-state index in [2.05, 4.69) is 15.3 Å². The van der Waals surface area contributed by atoms with Crippen molar-refractivity contribution in [3.63, 3.8) is 0 Å². The fourth-order valence-electron chi connectivity index (χ4n) is 5.44. The molecule has 216 valence electrons. The van der Waals surface area contributed by atoms with E-state index < -0.39 is 30.3 Å². The molecule has 2 atom stereocenters. The Balaban J connectivity index is 1.31. The first kappa shape index (κ1) is 28.1. The number of rotatable bonds is 7. The first-order valence-electron chi connectivity index (χ1n) is 13.0. The second-order valence-electron chi connectivity index (χ2n) is 10.4. The van der Waals surface area contributed by atoms with Gasteiger partial charge in [0.05, 0.1) is 5.56 Å². The summed E-state index contributed by atoms with van der Waals surface area (Å²) in [6.45, 7) is 1.65. The minimum Gasteiger partial charge on any atom is -0.480 e. The lowest BCUT2D eigenvalue weighted by Crippen LogP contribution is -2.41. The zero-order valence-electron chi connectivity index (χ0n) is 21.8. The molecule has 0 unspecified atom stereocenters. The number of benzene rings is 2. The van der Waals surface area contributed by atoms with Crippen LogP contribution < -0.4 is 20.7 Å². The second-order valence-corrected chi connectivity index (χ2v) is 10.4. The molecule has 41 heavy (non-hydrogen) atoms. The molecule has 2 aromatic carbocycles. The number of alkyl halides is 3. The SMILES string of the molecule is Nc1nc(O[C@H](c2ccc(-c3ccc(C(=O)O)cc3)cc2)C(F)(F)F)cc(N2CCC3(CC2)CN[C@H](C(=O)O)C3)n1. The lowest BCUT2D eigenvalue weighted by Gasteiger charge is -2.39. The fraction of sp³-hybridized carbons (Fsp3) is 0.357. The van der Waals surface area contributed by atoms with Gasteiger partial charge in [-0.25, -0.2) is 4.79 Å². The Hall–Kier alpha value is -4.39. The number of carboxylic acids is 2. The number of anilines is 2. The zero-order chi connectivity index (χ0) is 29.4. The molecule has 5 rings (SSSR count). The number of nitrogens with zero attached hydrogens (tertiary/aromatic N) is 3. The highest BCUT2D eigenvalue weighted by atomic mass is 19.4. The predicted octanol–water partition coefficient (Wildman–Crippen LogP) is 4.14. The number of piperidine rings is 1. The molecular weight excluding hydrogens is 543 g/mol. The molecule has 2 saturated heterocycles. The van der Waals surface area contributed by atoms with Gasteiger partial charge in [-0.15, -0.1) is 0 Å². The number of aromatic carboxylic acids is 1. The van der Waals surface area contributed by atoms with E-state index in [1.54, 1.807) is 12.1 Å². The van der Waals surface area contributed by atoms with E-state index in [9.17, 15) is 27.9 Å². The van der Waals surface area contributed by atoms with E-state index in [4.69, 9.17) is 15.6 Å². The number of aliphatic carboxylic acids is 1. The Morgan fingerprint density at radius 1 is 1.02 bits per heavy atom. The van der Waals surface area contributed by atoms with Crippen molar-refractivity contribution in [1.82, 2.24) is 15.3 Å².